The van der Waals surface area contributed by atoms with Crippen molar-refractivity contribution in [2.45, 2.75) is 6.92 Å². The van der Waals surface area contributed by atoms with Crippen LogP contribution in [0, 0.1) is 0 Å². The van der Waals surface area contributed by atoms with Gasteiger partial charge in [0.1, 0.15) is 0 Å². The molecule has 2 rings (SSSR count). The highest BCUT2D eigenvalue weighted by Gasteiger charge is 2.15. The van der Waals surface area contributed by atoms with Gasteiger partial charge in [0.15, 0.2) is 17.3 Å². The zero-order valence-corrected chi connectivity index (χ0v) is 15.3. The molecule has 0 aromatic heterocycles. The Morgan fingerprint density at radius 3 is 1.96 bits per heavy atom. The lowest BCUT2D eigenvalue weighted by atomic mass is 10.0. The van der Waals surface area contributed by atoms with Crippen molar-refractivity contribution in [2.75, 3.05) is 21.3 Å². The van der Waals surface area contributed by atoms with Gasteiger partial charge >= 0.3 is 0 Å². The Bertz CT molecular complexity index is 807. The van der Waals surface area contributed by atoms with E-state index in [1.54, 1.807) is 18.2 Å². The highest BCUT2D eigenvalue weighted by Crippen LogP contribution is 2.38. The summed E-state index contributed by atoms with van der Waals surface area (Å²) in [6, 6.07) is 10.7. The molecule has 2 aromatic carbocycles. The average Bonchev–Trinajstić information content (AvgIpc) is 2.70. The first-order valence-electron chi connectivity index (χ1n) is 7.97. The molecule has 0 bridgehead atoms. The standard InChI is InChI=1S/C21H22O5/c1-14(13-22)16-8-5-15(6-9-16)7-10-18(23)17-11-19(24-2)21(26-4)20(12-17)25-3/h5-13,22H,1-4H3. The maximum atomic E-state index is 12.5. The molecule has 0 aliphatic carbocycles. The minimum Gasteiger partial charge on any atom is -0.515 e. The van der Waals surface area contributed by atoms with Gasteiger partial charge in [-0.15, -0.1) is 0 Å². The van der Waals surface area contributed by atoms with E-state index in [4.69, 9.17) is 19.3 Å². The molecular formula is C21H22O5. The van der Waals surface area contributed by atoms with Crippen molar-refractivity contribution in [2.24, 2.45) is 0 Å². The average molecular weight is 354 g/mol. The number of carbonyl (C=O) groups excluding carboxylic acids is 1. The monoisotopic (exact) mass is 354 g/mol. The first-order chi connectivity index (χ1) is 12.5. The fourth-order valence-electron chi connectivity index (χ4n) is 2.42. The predicted molar refractivity (Wildman–Crippen MR) is 102 cm³/mol. The topological polar surface area (TPSA) is 65.0 Å². The van der Waals surface area contributed by atoms with Crippen LogP contribution >= 0.6 is 0 Å². The molecule has 1 N–H and O–H groups in total. The number of ether oxygens (including phenoxy) is 3. The molecule has 0 aliphatic rings. The van der Waals surface area contributed by atoms with Gasteiger partial charge in [-0.1, -0.05) is 30.3 Å². The predicted octanol–water partition coefficient (Wildman–Crippen LogP) is 4.53. The van der Waals surface area contributed by atoms with Gasteiger partial charge in [-0.05, 0) is 41.8 Å². The summed E-state index contributed by atoms with van der Waals surface area (Å²) in [4.78, 5) is 12.5. The third-order valence-corrected chi connectivity index (χ3v) is 3.94. The number of hydrogen-bond acceptors (Lipinski definition) is 5. The number of ketones is 1. The first kappa shape index (κ1) is 19.1. The zero-order valence-electron chi connectivity index (χ0n) is 15.3. The fourth-order valence-corrected chi connectivity index (χ4v) is 2.42. The van der Waals surface area contributed by atoms with E-state index in [1.165, 1.54) is 27.4 Å². The summed E-state index contributed by atoms with van der Waals surface area (Å²) in [5.74, 6) is 1.12. The fraction of sp³-hybridized carbons (Fsp3) is 0.190. The van der Waals surface area contributed by atoms with Gasteiger partial charge in [0, 0.05) is 5.56 Å². The van der Waals surface area contributed by atoms with E-state index in [0.717, 1.165) is 23.0 Å². The molecule has 0 saturated heterocycles. The zero-order chi connectivity index (χ0) is 19.1. The van der Waals surface area contributed by atoms with Gasteiger partial charge in [0.05, 0.1) is 27.6 Å². The van der Waals surface area contributed by atoms with Crippen molar-refractivity contribution in [3.05, 3.63) is 65.4 Å². The molecule has 0 fully saturated rings. The summed E-state index contributed by atoms with van der Waals surface area (Å²) in [6.45, 7) is 1.82. The summed E-state index contributed by atoms with van der Waals surface area (Å²) < 4.78 is 15.8. The smallest absolute Gasteiger partial charge is 0.203 e. The van der Waals surface area contributed by atoms with E-state index in [9.17, 15) is 4.79 Å². The van der Waals surface area contributed by atoms with Crippen LogP contribution in [0.15, 0.2) is 48.7 Å². The van der Waals surface area contributed by atoms with Crippen molar-refractivity contribution in [3.8, 4) is 17.2 Å². The van der Waals surface area contributed by atoms with E-state index in [2.05, 4.69) is 0 Å². The quantitative estimate of drug-likeness (QED) is 0.450. The van der Waals surface area contributed by atoms with Gasteiger partial charge < -0.3 is 19.3 Å². The number of benzene rings is 2. The highest BCUT2D eigenvalue weighted by molar-refractivity contribution is 6.07. The molecule has 5 nitrogen and oxygen atoms in total. The Hall–Kier alpha value is -3.21. The number of allylic oxidation sites excluding steroid dienone is 2. The van der Waals surface area contributed by atoms with Crippen molar-refractivity contribution >= 4 is 17.4 Å². The maximum Gasteiger partial charge on any atom is 0.203 e. The molecule has 2 aromatic rings. The summed E-state index contributed by atoms with van der Waals surface area (Å²) in [5.41, 5.74) is 3.00. The Morgan fingerprint density at radius 1 is 0.923 bits per heavy atom. The molecule has 0 unspecified atom stereocenters. The number of rotatable bonds is 7. The molecule has 5 heteroatoms. The van der Waals surface area contributed by atoms with Crippen LogP contribution in [-0.2, 0) is 0 Å². The van der Waals surface area contributed by atoms with Crippen LogP contribution in [0.1, 0.15) is 28.4 Å². The lowest BCUT2D eigenvalue weighted by molar-refractivity contribution is 0.104. The minimum atomic E-state index is -0.181. The van der Waals surface area contributed by atoms with Gasteiger partial charge in [-0.2, -0.15) is 0 Å². The van der Waals surface area contributed by atoms with E-state index in [0.29, 0.717) is 22.8 Å². The lowest BCUT2D eigenvalue weighted by Gasteiger charge is -2.13. The largest absolute Gasteiger partial charge is 0.515 e. The third kappa shape index (κ3) is 4.25. The second-order valence-electron chi connectivity index (χ2n) is 5.55. The van der Waals surface area contributed by atoms with Crippen LogP contribution in [0.5, 0.6) is 17.2 Å². The number of methoxy groups -OCH3 is 3. The van der Waals surface area contributed by atoms with E-state index >= 15 is 0 Å². The van der Waals surface area contributed by atoms with E-state index < -0.39 is 0 Å². The van der Waals surface area contributed by atoms with Crippen LogP contribution in [0.2, 0.25) is 0 Å². The molecule has 0 aliphatic heterocycles. The second-order valence-corrected chi connectivity index (χ2v) is 5.55. The molecule has 0 radical (unpaired) electrons. The van der Waals surface area contributed by atoms with Crippen LogP contribution in [0.4, 0.5) is 0 Å². The van der Waals surface area contributed by atoms with Crippen LogP contribution in [0.25, 0.3) is 11.6 Å². The summed E-state index contributed by atoms with van der Waals surface area (Å²) in [7, 11) is 4.52. The molecule has 0 heterocycles. The molecular weight excluding hydrogens is 332 g/mol. The third-order valence-electron chi connectivity index (χ3n) is 3.94. The number of aliphatic hydroxyl groups excluding tert-OH is 1. The SMILES string of the molecule is COc1cc(C(=O)C=Cc2ccc(C(C)=CO)cc2)cc(OC)c1OC. The summed E-state index contributed by atoms with van der Waals surface area (Å²) in [5, 5.41) is 9.03. The van der Waals surface area contributed by atoms with Crippen molar-refractivity contribution < 1.29 is 24.1 Å². The van der Waals surface area contributed by atoms with Crippen LogP contribution < -0.4 is 14.2 Å². The Morgan fingerprint density at radius 2 is 1.50 bits per heavy atom. The van der Waals surface area contributed by atoms with Gasteiger partial charge in [0.25, 0.3) is 0 Å². The lowest BCUT2D eigenvalue weighted by Crippen LogP contribution is -2.00. The van der Waals surface area contributed by atoms with Crippen molar-refractivity contribution in [3.63, 3.8) is 0 Å². The van der Waals surface area contributed by atoms with Crippen molar-refractivity contribution in [1.29, 1.82) is 0 Å². The van der Waals surface area contributed by atoms with E-state index in [-0.39, 0.29) is 5.78 Å². The molecule has 0 atom stereocenters. The molecule has 0 spiro atoms. The molecule has 0 amide bonds. The van der Waals surface area contributed by atoms with Crippen LogP contribution in [-0.4, -0.2) is 32.2 Å². The van der Waals surface area contributed by atoms with Gasteiger partial charge in [0.2, 0.25) is 5.75 Å². The van der Waals surface area contributed by atoms with Crippen LogP contribution in [0.3, 0.4) is 0 Å². The molecule has 26 heavy (non-hydrogen) atoms. The van der Waals surface area contributed by atoms with Gasteiger partial charge in [-0.25, -0.2) is 0 Å². The summed E-state index contributed by atoms with van der Waals surface area (Å²) >= 11 is 0. The normalized spacial score (nSPS) is 11.5. The van der Waals surface area contributed by atoms with Crippen molar-refractivity contribution in [1.82, 2.24) is 0 Å². The highest BCUT2D eigenvalue weighted by atomic mass is 16.5. The minimum absolute atomic E-state index is 0.181. The molecule has 0 saturated carbocycles. The number of hydrogen-bond donors (Lipinski definition) is 1. The summed E-state index contributed by atoms with van der Waals surface area (Å²) in [6.07, 6.45) is 4.29. The second kappa shape index (κ2) is 8.76. The maximum absolute atomic E-state index is 12.5. The number of aliphatic hydroxyl groups is 1. The molecule has 136 valence electrons. The number of carbonyl (C=O) groups is 1. The van der Waals surface area contributed by atoms with Gasteiger partial charge in [-0.3, -0.25) is 4.79 Å². The Kier molecular flexibility index (Phi) is 6.44. The Labute approximate surface area is 153 Å². The van der Waals surface area contributed by atoms with E-state index in [1.807, 2.05) is 31.2 Å². The first-order valence-corrected chi connectivity index (χ1v) is 7.97. The Balaban J connectivity index is 2.25.